The summed E-state index contributed by atoms with van der Waals surface area (Å²) in [6.45, 7) is 0.745. The van der Waals surface area contributed by atoms with Gasteiger partial charge in [-0.05, 0) is 48.0 Å². The fourth-order valence-electron chi connectivity index (χ4n) is 6.71. The SMILES string of the molecule is COCCN1[C@H]2CN(c3ccc(C(=O)O)cc3)C(=O)[C@H]2[C@H](c2cccc(Cl)c2F)[C@]12C(=O)Nc1cc(Cl)ccc12. The van der Waals surface area contributed by atoms with Crippen LogP contribution in [0.3, 0.4) is 0 Å². The lowest BCUT2D eigenvalue weighted by Gasteiger charge is -2.40. The van der Waals surface area contributed by atoms with Crippen molar-refractivity contribution in [1.29, 1.82) is 0 Å². The van der Waals surface area contributed by atoms with Crippen LogP contribution in [0.5, 0.6) is 0 Å². The summed E-state index contributed by atoms with van der Waals surface area (Å²) in [5.41, 5.74) is 0.431. The molecule has 8 nitrogen and oxygen atoms in total. The lowest BCUT2D eigenvalue weighted by molar-refractivity contribution is -0.128. The topological polar surface area (TPSA) is 99.2 Å². The first-order valence-corrected chi connectivity index (χ1v) is 13.4. The van der Waals surface area contributed by atoms with Gasteiger partial charge >= 0.3 is 5.97 Å². The summed E-state index contributed by atoms with van der Waals surface area (Å²) in [6.07, 6.45) is 0. The van der Waals surface area contributed by atoms with E-state index in [4.69, 9.17) is 27.9 Å². The zero-order chi connectivity index (χ0) is 28.3. The molecule has 3 aromatic rings. The third-order valence-corrected chi connectivity index (χ3v) is 8.79. The van der Waals surface area contributed by atoms with Crippen molar-refractivity contribution in [1.82, 2.24) is 4.90 Å². The van der Waals surface area contributed by atoms with Crippen molar-refractivity contribution >= 4 is 52.4 Å². The third kappa shape index (κ3) is 3.76. The van der Waals surface area contributed by atoms with E-state index in [9.17, 15) is 19.5 Å². The van der Waals surface area contributed by atoms with E-state index in [0.29, 0.717) is 22.0 Å². The number of benzene rings is 3. The predicted molar refractivity (Wildman–Crippen MR) is 148 cm³/mol. The highest BCUT2D eigenvalue weighted by molar-refractivity contribution is 6.31. The minimum atomic E-state index is -1.44. The molecule has 3 aromatic carbocycles. The molecule has 2 fully saturated rings. The number of carboxylic acid groups (broad SMARTS) is 1. The molecule has 0 unspecified atom stereocenters. The monoisotopic (exact) mass is 583 g/mol. The first kappa shape index (κ1) is 26.7. The molecule has 0 radical (unpaired) electrons. The van der Waals surface area contributed by atoms with Gasteiger partial charge in [0.05, 0.1) is 23.1 Å². The maximum Gasteiger partial charge on any atom is 0.335 e. The summed E-state index contributed by atoms with van der Waals surface area (Å²) >= 11 is 12.5. The molecule has 4 atom stereocenters. The molecule has 2 amide bonds. The number of halogens is 3. The number of nitrogens with zero attached hydrogens (tertiary/aromatic N) is 2. The number of ether oxygens (including phenoxy) is 1. The smallest absolute Gasteiger partial charge is 0.335 e. The van der Waals surface area contributed by atoms with E-state index in [1.807, 2.05) is 4.90 Å². The number of methoxy groups -OCH3 is 1. The number of likely N-dealkylation sites (tertiary alicyclic amines) is 1. The lowest BCUT2D eigenvalue weighted by atomic mass is 9.71. The zero-order valence-electron chi connectivity index (χ0n) is 21.2. The average molecular weight is 584 g/mol. The normalized spacial score (nSPS) is 25.4. The van der Waals surface area contributed by atoms with Crippen molar-refractivity contribution in [3.63, 3.8) is 0 Å². The fraction of sp³-hybridized carbons (Fsp3) is 0.276. The highest BCUT2D eigenvalue weighted by Gasteiger charge is 2.71. The van der Waals surface area contributed by atoms with Crippen molar-refractivity contribution in [3.05, 3.63) is 93.2 Å². The Balaban J connectivity index is 1.56. The second kappa shape index (κ2) is 9.85. The molecule has 11 heteroatoms. The van der Waals surface area contributed by atoms with E-state index < -0.39 is 35.2 Å². The van der Waals surface area contributed by atoms with Gasteiger partial charge in [-0.3, -0.25) is 14.5 Å². The van der Waals surface area contributed by atoms with E-state index in [1.165, 1.54) is 18.2 Å². The van der Waals surface area contributed by atoms with Gasteiger partial charge in [-0.2, -0.15) is 0 Å². The zero-order valence-corrected chi connectivity index (χ0v) is 22.7. The summed E-state index contributed by atoms with van der Waals surface area (Å²) in [7, 11) is 1.55. The highest BCUT2D eigenvalue weighted by Crippen LogP contribution is 2.61. The molecule has 6 rings (SSSR count). The Morgan fingerprint density at radius 2 is 1.90 bits per heavy atom. The number of carboxylic acids is 1. The molecule has 0 aliphatic carbocycles. The largest absolute Gasteiger partial charge is 0.478 e. The summed E-state index contributed by atoms with van der Waals surface area (Å²) in [5.74, 6) is -4.21. The standard InChI is InChI=1S/C29H24Cl2FN3O5/c1-40-12-11-35-22-14-34(17-8-5-15(6-9-17)27(37)38)26(36)23(22)24(18-3-2-4-20(31)25(18)32)29(35)19-10-7-16(30)13-21(19)33-28(29)39/h2-10,13,22-24H,11-12,14H2,1H3,(H,33,39)(H,37,38)/t22-,23+,24-,29+/m0/s1. The van der Waals surface area contributed by atoms with Gasteiger partial charge in [0.15, 0.2) is 0 Å². The van der Waals surface area contributed by atoms with Crippen LogP contribution in [0.2, 0.25) is 10.0 Å². The van der Waals surface area contributed by atoms with Crippen LogP contribution in [0.1, 0.15) is 27.4 Å². The number of hydrogen-bond donors (Lipinski definition) is 2. The Hall–Kier alpha value is -3.50. The van der Waals surface area contributed by atoms with Gasteiger partial charge in [-0.15, -0.1) is 0 Å². The number of carbonyl (C=O) groups excluding carboxylic acids is 2. The van der Waals surface area contributed by atoms with Crippen molar-refractivity contribution in [3.8, 4) is 0 Å². The molecule has 2 saturated heterocycles. The maximum absolute atomic E-state index is 15.9. The quantitative estimate of drug-likeness (QED) is 0.434. The Labute approximate surface area is 239 Å². The molecule has 0 bridgehead atoms. The number of aromatic carboxylic acids is 1. The molecule has 0 saturated carbocycles. The number of amides is 2. The van der Waals surface area contributed by atoms with Gasteiger partial charge in [0, 0.05) is 54.1 Å². The molecule has 3 heterocycles. The van der Waals surface area contributed by atoms with Gasteiger partial charge in [0.1, 0.15) is 11.4 Å². The molecule has 2 N–H and O–H groups in total. The Morgan fingerprint density at radius 3 is 2.60 bits per heavy atom. The Kier molecular flexibility index (Phi) is 6.58. The second-order valence-electron chi connectivity index (χ2n) is 10.1. The van der Waals surface area contributed by atoms with Gasteiger partial charge in [0.2, 0.25) is 11.8 Å². The Morgan fingerprint density at radius 1 is 1.15 bits per heavy atom. The van der Waals surface area contributed by atoms with Crippen LogP contribution in [0.4, 0.5) is 15.8 Å². The number of nitrogens with one attached hydrogen (secondary N) is 1. The number of fused-ring (bicyclic) bond motifs is 3. The molecule has 40 heavy (non-hydrogen) atoms. The molecule has 206 valence electrons. The minimum Gasteiger partial charge on any atom is -0.478 e. The van der Waals surface area contributed by atoms with Crippen molar-refractivity contribution in [2.45, 2.75) is 17.5 Å². The summed E-state index contributed by atoms with van der Waals surface area (Å²) < 4.78 is 21.3. The first-order valence-electron chi connectivity index (χ1n) is 12.7. The van der Waals surface area contributed by atoms with E-state index in [1.54, 1.807) is 54.5 Å². The number of anilines is 2. The predicted octanol–water partition coefficient (Wildman–Crippen LogP) is 4.76. The third-order valence-electron chi connectivity index (χ3n) is 8.26. The maximum atomic E-state index is 15.9. The minimum absolute atomic E-state index is 0.0908. The van der Waals surface area contributed by atoms with Gasteiger partial charge < -0.3 is 20.1 Å². The van der Waals surface area contributed by atoms with Crippen molar-refractivity contribution in [2.75, 3.05) is 37.0 Å². The number of carbonyl (C=O) groups is 3. The molecular weight excluding hydrogens is 560 g/mol. The van der Waals surface area contributed by atoms with Crippen molar-refractivity contribution in [2.24, 2.45) is 5.92 Å². The molecule has 1 spiro atoms. The highest BCUT2D eigenvalue weighted by atomic mass is 35.5. The van der Waals surface area contributed by atoms with Crippen LogP contribution in [-0.4, -0.2) is 60.6 Å². The summed E-state index contributed by atoms with van der Waals surface area (Å²) in [6, 6.07) is 15.2. The molecule has 3 aliphatic heterocycles. The summed E-state index contributed by atoms with van der Waals surface area (Å²) in [4.78, 5) is 43.3. The molecular formula is C29H24Cl2FN3O5. The van der Waals surface area contributed by atoms with Crippen LogP contribution < -0.4 is 10.2 Å². The van der Waals surface area contributed by atoms with Crippen LogP contribution in [0.15, 0.2) is 60.7 Å². The van der Waals surface area contributed by atoms with E-state index in [0.717, 1.165) is 0 Å². The average Bonchev–Trinajstić information content (AvgIpc) is 3.51. The molecule has 3 aliphatic rings. The van der Waals surface area contributed by atoms with E-state index in [-0.39, 0.29) is 47.7 Å². The lowest BCUT2D eigenvalue weighted by Crippen LogP contribution is -2.54. The second-order valence-corrected chi connectivity index (χ2v) is 11.0. The van der Waals surface area contributed by atoms with E-state index in [2.05, 4.69) is 5.32 Å². The summed E-state index contributed by atoms with van der Waals surface area (Å²) in [5, 5.41) is 12.5. The first-order chi connectivity index (χ1) is 19.2. The molecule has 0 aromatic heterocycles. The Bertz CT molecular complexity index is 1550. The van der Waals surface area contributed by atoms with E-state index >= 15 is 4.39 Å². The van der Waals surface area contributed by atoms with Crippen LogP contribution in [-0.2, 0) is 19.9 Å². The van der Waals surface area contributed by atoms with Gasteiger partial charge in [-0.1, -0.05) is 41.4 Å². The van der Waals surface area contributed by atoms with Crippen LogP contribution in [0.25, 0.3) is 0 Å². The number of hydrogen-bond acceptors (Lipinski definition) is 5. The van der Waals surface area contributed by atoms with Gasteiger partial charge in [0.25, 0.3) is 0 Å². The van der Waals surface area contributed by atoms with Crippen molar-refractivity contribution < 1.29 is 28.6 Å². The van der Waals surface area contributed by atoms with Gasteiger partial charge in [-0.25, -0.2) is 9.18 Å². The fourth-order valence-corrected chi connectivity index (χ4v) is 7.06. The van der Waals surface area contributed by atoms with Crippen LogP contribution in [0, 0.1) is 11.7 Å². The number of rotatable bonds is 6. The van der Waals surface area contributed by atoms with Crippen LogP contribution >= 0.6 is 23.2 Å².